The number of rotatable bonds is 7. The van der Waals surface area contributed by atoms with Gasteiger partial charge in [0.15, 0.2) is 5.84 Å². The van der Waals surface area contributed by atoms with E-state index >= 15 is 0 Å². The fourth-order valence-corrected chi connectivity index (χ4v) is 5.82. The molecule has 0 unspecified atom stereocenters. The lowest BCUT2D eigenvalue weighted by molar-refractivity contribution is 0.0950. The van der Waals surface area contributed by atoms with Gasteiger partial charge in [0.25, 0.3) is 5.91 Å². The summed E-state index contributed by atoms with van der Waals surface area (Å²) in [6, 6.07) is 18.2. The third-order valence-electron chi connectivity index (χ3n) is 8.22. The lowest BCUT2D eigenvalue weighted by atomic mass is 9.75. The summed E-state index contributed by atoms with van der Waals surface area (Å²) in [5.41, 5.74) is 15.9. The Balaban J connectivity index is 1.25. The van der Waals surface area contributed by atoms with Gasteiger partial charge in [-0.05, 0) is 88.6 Å². The maximum absolute atomic E-state index is 13.1. The molecule has 0 bridgehead atoms. The molecule has 0 aromatic heterocycles. The molecule has 2 atom stereocenters. The number of methoxy groups -OCH3 is 1. The van der Waals surface area contributed by atoms with E-state index in [9.17, 15) is 4.79 Å². The molecule has 2 saturated carbocycles. The van der Waals surface area contributed by atoms with Crippen LogP contribution in [-0.2, 0) is 11.3 Å². The van der Waals surface area contributed by atoms with Crippen LogP contribution in [0.15, 0.2) is 59.8 Å². The zero-order valence-electron chi connectivity index (χ0n) is 21.3. The van der Waals surface area contributed by atoms with Gasteiger partial charge < -0.3 is 21.0 Å². The monoisotopic (exact) mass is 495 g/mol. The van der Waals surface area contributed by atoms with E-state index in [0.717, 1.165) is 22.6 Å². The maximum Gasteiger partial charge on any atom is 0.251 e. The standard InChI is InChI=1S/C31H33N3O3/c1-17-24-13-22(31(35)33-16-18-3-5-21(6-4-18)30(32)34-36)11-12-23(24)29(37-2)28-15-27(20-9-10-20)26(14-25(17)28)19-7-8-19/h3-6,11-15,17,19-20,29,36H,7-10,16H2,1-2H3,(H2,32,34)(H,33,35)/t17-,29+/m0/s1. The minimum Gasteiger partial charge on any atom is -0.409 e. The highest BCUT2D eigenvalue weighted by Crippen LogP contribution is 2.53. The average molecular weight is 496 g/mol. The van der Waals surface area contributed by atoms with Gasteiger partial charge in [0, 0.05) is 30.7 Å². The number of carbonyl (C=O) groups is 1. The number of carbonyl (C=O) groups excluding carboxylic acids is 1. The summed E-state index contributed by atoms with van der Waals surface area (Å²) < 4.78 is 6.07. The first-order valence-corrected chi connectivity index (χ1v) is 13.2. The van der Waals surface area contributed by atoms with Crippen molar-refractivity contribution >= 4 is 11.7 Å². The van der Waals surface area contributed by atoms with E-state index in [-0.39, 0.29) is 23.8 Å². The van der Waals surface area contributed by atoms with Gasteiger partial charge in [0.1, 0.15) is 6.10 Å². The van der Waals surface area contributed by atoms with Gasteiger partial charge in [-0.1, -0.05) is 54.5 Å². The minimum atomic E-state index is -0.113. The summed E-state index contributed by atoms with van der Waals surface area (Å²) in [5, 5.41) is 14.9. The Morgan fingerprint density at radius 1 is 0.892 bits per heavy atom. The highest BCUT2D eigenvalue weighted by Gasteiger charge is 2.37. The smallest absolute Gasteiger partial charge is 0.251 e. The Morgan fingerprint density at radius 2 is 1.49 bits per heavy atom. The zero-order chi connectivity index (χ0) is 25.7. The number of amidine groups is 1. The number of amides is 1. The summed E-state index contributed by atoms with van der Waals surface area (Å²) in [7, 11) is 1.78. The fourth-order valence-electron chi connectivity index (χ4n) is 5.82. The third kappa shape index (κ3) is 4.40. The van der Waals surface area contributed by atoms with Crippen LogP contribution in [0.25, 0.3) is 0 Å². The Bertz CT molecular complexity index is 1390. The van der Waals surface area contributed by atoms with Crippen molar-refractivity contribution in [3.05, 3.63) is 105 Å². The Kier molecular flexibility index (Phi) is 6.00. The molecule has 1 amide bonds. The van der Waals surface area contributed by atoms with Crippen molar-refractivity contribution in [3.8, 4) is 0 Å². The Hall–Kier alpha value is -3.64. The van der Waals surface area contributed by atoms with Crippen molar-refractivity contribution in [2.75, 3.05) is 7.11 Å². The molecule has 0 heterocycles. The molecule has 3 aliphatic carbocycles. The fraction of sp³-hybridized carbons (Fsp3) is 0.355. The largest absolute Gasteiger partial charge is 0.409 e. The molecule has 0 aliphatic heterocycles. The Labute approximate surface area is 217 Å². The summed E-state index contributed by atoms with van der Waals surface area (Å²) in [4.78, 5) is 13.1. The lowest BCUT2D eigenvalue weighted by Gasteiger charge is -2.33. The normalized spacial score (nSPS) is 20.8. The van der Waals surface area contributed by atoms with Crippen LogP contribution < -0.4 is 11.1 Å². The van der Waals surface area contributed by atoms with Crippen LogP contribution in [0.4, 0.5) is 0 Å². The van der Waals surface area contributed by atoms with Gasteiger partial charge in [-0.25, -0.2) is 0 Å². The molecule has 6 rings (SSSR count). The zero-order valence-corrected chi connectivity index (χ0v) is 21.3. The maximum atomic E-state index is 13.1. The molecule has 0 saturated heterocycles. The van der Waals surface area contributed by atoms with Crippen molar-refractivity contribution < 1.29 is 14.7 Å². The molecular formula is C31H33N3O3. The van der Waals surface area contributed by atoms with E-state index in [4.69, 9.17) is 15.7 Å². The summed E-state index contributed by atoms with van der Waals surface area (Å²) in [6.45, 7) is 2.64. The van der Waals surface area contributed by atoms with Crippen LogP contribution in [0.2, 0.25) is 0 Å². The first kappa shape index (κ1) is 23.7. The van der Waals surface area contributed by atoms with Gasteiger partial charge >= 0.3 is 0 Å². The second-order valence-electron chi connectivity index (χ2n) is 10.7. The highest BCUT2D eigenvalue weighted by molar-refractivity contribution is 5.97. The van der Waals surface area contributed by atoms with Gasteiger partial charge in [0.2, 0.25) is 0 Å². The quantitative estimate of drug-likeness (QED) is 0.170. The van der Waals surface area contributed by atoms with Crippen molar-refractivity contribution in [1.29, 1.82) is 0 Å². The molecule has 37 heavy (non-hydrogen) atoms. The average Bonchev–Trinajstić information content (AvgIpc) is 3.84. The van der Waals surface area contributed by atoms with Crippen LogP contribution in [0, 0.1) is 0 Å². The molecular weight excluding hydrogens is 462 g/mol. The predicted molar refractivity (Wildman–Crippen MR) is 143 cm³/mol. The number of nitrogens with one attached hydrogen (secondary N) is 1. The van der Waals surface area contributed by atoms with Crippen LogP contribution >= 0.6 is 0 Å². The number of nitrogens with two attached hydrogens (primary N) is 1. The molecule has 190 valence electrons. The Morgan fingerprint density at radius 3 is 2.08 bits per heavy atom. The van der Waals surface area contributed by atoms with Crippen molar-refractivity contribution in [2.24, 2.45) is 10.9 Å². The highest BCUT2D eigenvalue weighted by atomic mass is 16.5. The first-order valence-electron chi connectivity index (χ1n) is 13.2. The molecule has 4 N–H and O–H groups in total. The SMILES string of the molecule is CO[C@@H]1c2ccc(C(=O)NCc3ccc(C(N)=NO)cc3)cc2[C@H](C)c2cc(C3CC3)c(C3CC3)cc21. The van der Waals surface area contributed by atoms with Crippen LogP contribution in [0.5, 0.6) is 0 Å². The number of benzene rings is 3. The molecule has 0 spiro atoms. The van der Waals surface area contributed by atoms with E-state index in [2.05, 4.69) is 35.6 Å². The van der Waals surface area contributed by atoms with E-state index in [0.29, 0.717) is 23.6 Å². The van der Waals surface area contributed by atoms with Crippen molar-refractivity contribution in [3.63, 3.8) is 0 Å². The van der Waals surface area contributed by atoms with Gasteiger partial charge in [-0.3, -0.25) is 4.79 Å². The van der Waals surface area contributed by atoms with Gasteiger partial charge in [0.05, 0.1) is 0 Å². The molecule has 3 aromatic carbocycles. The minimum absolute atomic E-state index is 0.0581. The summed E-state index contributed by atoms with van der Waals surface area (Å²) in [6.07, 6.45) is 5.09. The molecule has 3 aromatic rings. The molecule has 2 fully saturated rings. The lowest BCUT2D eigenvalue weighted by Crippen LogP contribution is -2.24. The second kappa shape index (κ2) is 9.34. The van der Waals surface area contributed by atoms with Crippen LogP contribution in [0.1, 0.15) is 111 Å². The predicted octanol–water partition coefficient (Wildman–Crippen LogP) is 5.67. The number of hydrogen-bond acceptors (Lipinski definition) is 4. The molecule has 6 nitrogen and oxygen atoms in total. The topological polar surface area (TPSA) is 96.9 Å². The van der Waals surface area contributed by atoms with Gasteiger partial charge in [-0.15, -0.1) is 0 Å². The van der Waals surface area contributed by atoms with Crippen molar-refractivity contribution in [2.45, 2.75) is 63.0 Å². The number of oxime groups is 1. The van der Waals surface area contributed by atoms with E-state index in [1.165, 1.54) is 36.8 Å². The van der Waals surface area contributed by atoms with E-state index < -0.39 is 0 Å². The number of hydrogen-bond donors (Lipinski definition) is 3. The third-order valence-corrected chi connectivity index (χ3v) is 8.22. The van der Waals surface area contributed by atoms with Gasteiger partial charge in [-0.2, -0.15) is 0 Å². The second-order valence-corrected chi connectivity index (χ2v) is 10.7. The molecule has 6 heteroatoms. The van der Waals surface area contributed by atoms with E-state index in [1.807, 2.05) is 24.3 Å². The van der Waals surface area contributed by atoms with E-state index in [1.54, 1.807) is 30.4 Å². The number of nitrogens with zero attached hydrogens (tertiary/aromatic N) is 1. The van der Waals surface area contributed by atoms with Crippen LogP contribution in [-0.4, -0.2) is 24.1 Å². The summed E-state index contributed by atoms with van der Waals surface area (Å²) in [5.74, 6) is 1.58. The first-order chi connectivity index (χ1) is 18.0. The molecule has 3 aliphatic rings. The van der Waals surface area contributed by atoms with Crippen LogP contribution in [0.3, 0.4) is 0 Å². The summed E-state index contributed by atoms with van der Waals surface area (Å²) >= 11 is 0. The molecule has 0 radical (unpaired) electrons. The number of ether oxygens (including phenoxy) is 1. The van der Waals surface area contributed by atoms with Crippen molar-refractivity contribution in [1.82, 2.24) is 5.32 Å². The number of fused-ring (bicyclic) bond motifs is 2.